The van der Waals surface area contributed by atoms with Gasteiger partial charge in [0.2, 0.25) is 0 Å². The molecule has 0 aliphatic carbocycles. The first-order chi connectivity index (χ1) is 12.0. The third-order valence-corrected chi connectivity index (χ3v) is 3.84. The predicted molar refractivity (Wildman–Crippen MR) is 89.0 cm³/mol. The summed E-state index contributed by atoms with van der Waals surface area (Å²) in [5.74, 6) is -0.249. The van der Waals surface area contributed by atoms with Gasteiger partial charge in [-0.1, -0.05) is 23.7 Å². The highest BCUT2D eigenvalue weighted by atomic mass is 35.5. The lowest BCUT2D eigenvalue weighted by Crippen LogP contribution is -2.21. The number of aryl methyl sites for hydroxylation is 1. The van der Waals surface area contributed by atoms with Gasteiger partial charge >= 0.3 is 6.55 Å². The third kappa shape index (κ3) is 3.69. The fraction of sp³-hybridized carbons (Fsp3) is 0.188. The van der Waals surface area contributed by atoms with E-state index in [0.29, 0.717) is 27.6 Å². The Kier molecular flexibility index (Phi) is 4.80. The number of amides is 1. The van der Waals surface area contributed by atoms with Crippen LogP contribution in [0.3, 0.4) is 0 Å². The first-order valence-corrected chi connectivity index (χ1v) is 7.73. The fourth-order valence-electron chi connectivity index (χ4n) is 2.35. The molecule has 2 heterocycles. The number of hydrogen-bond donors (Lipinski definition) is 1. The Hall–Kier alpha value is -2.74. The molecule has 3 rings (SSSR count). The molecule has 9 heteroatoms. The van der Waals surface area contributed by atoms with E-state index in [-0.39, 0.29) is 5.69 Å². The van der Waals surface area contributed by atoms with Crippen molar-refractivity contribution >= 4 is 23.3 Å². The second-order valence-corrected chi connectivity index (χ2v) is 5.79. The first-order valence-electron chi connectivity index (χ1n) is 7.35. The Labute approximate surface area is 147 Å². The summed E-state index contributed by atoms with van der Waals surface area (Å²) in [5.41, 5.74) is 1.42. The molecule has 3 aromatic rings. The van der Waals surface area contributed by atoms with Crippen LogP contribution in [0.25, 0.3) is 0 Å². The lowest BCUT2D eigenvalue weighted by molar-refractivity contribution is 0.0520. The summed E-state index contributed by atoms with van der Waals surface area (Å²) < 4.78 is 27.7. The number of alkyl halides is 2. The zero-order valence-corrected chi connectivity index (χ0v) is 13.9. The second-order valence-electron chi connectivity index (χ2n) is 5.35. The molecule has 0 fully saturated rings. The van der Waals surface area contributed by atoms with E-state index in [1.165, 1.54) is 6.07 Å². The molecule has 6 nitrogen and oxygen atoms in total. The summed E-state index contributed by atoms with van der Waals surface area (Å²) in [6, 6.07) is 8.43. The van der Waals surface area contributed by atoms with Gasteiger partial charge in [-0.3, -0.25) is 4.79 Å². The minimum atomic E-state index is -2.89. The fourth-order valence-corrected chi connectivity index (χ4v) is 2.47. The molecule has 0 aliphatic rings. The molecule has 25 heavy (non-hydrogen) atoms. The van der Waals surface area contributed by atoms with Crippen LogP contribution in [-0.4, -0.2) is 25.5 Å². The molecule has 130 valence electrons. The Balaban J connectivity index is 1.83. The van der Waals surface area contributed by atoms with E-state index < -0.39 is 12.5 Å². The van der Waals surface area contributed by atoms with Crippen LogP contribution in [0.5, 0.6) is 0 Å². The molecule has 2 aromatic heterocycles. The van der Waals surface area contributed by atoms with Crippen molar-refractivity contribution in [2.75, 3.05) is 5.32 Å². The Bertz CT molecular complexity index is 888. The first kappa shape index (κ1) is 17.1. The minimum Gasteiger partial charge on any atom is -0.305 e. The maximum Gasteiger partial charge on any atom is 0.333 e. The van der Waals surface area contributed by atoms with Gasteiger partial charge in [-0.25, -0.2) is 4.68 Å². The van der Waals surface area contributed by atoms with Gasteiger partial charge in [-0.05, 0) is 30.7 Å². The molecular formula is C16H14ClF2N5O. The molecule has 0 spiro atoms. The molecule has 1 aromatic carbocycles. The van der Waals surface area contributed by atoms with Gasteiger partial charge in [0.15, 0.2) is 0 Å². The van der Waals surface area contributed by atoms with Crippen molar-refractivity contribution in [3.05, 3.63) is 64.6 Å². The smallest absolute Gasteiger partial charge is 0.305 e. The highest BCUT2D eigenvalue weighted by molar-refractivity contribution is 6.30. The number of aromatic nitrogens is 4. The van der Waals surface area contributed by atoms with Crippen LogP contribution < -0.4 is 5.32 Å². The normalized spacial score (nSPS) is 11.1. The summed E-state index contributed by atoms with van der Waals surface area (Å²) in [5, 5.41) is 10.9. The lowest BCUT2D eigenvalue weighted by Gasteiger charge is -2.11. The van der Waals surface area contributed by atoms with E-state index in [1.54, 1.807) is 29.9 Å². The quantitative estimate of drug-likeness (QED) is 0.749. The monoisotopic (exact) mass is 365 g/mol. The number of halogens is 3. The van der Waals surface area contributed by atoms with Gasteiger partial charge in [0, 0.05) is 16.8 Å². The summed E-state index contributed by atoms with van der Waals surface area (Å²) >= 11 is 5.87. The third-order valence-electron chi connectivity index (χ3n) is 3.59. The molecule has 0 aliphatic heterocycles. The summed E-state index contributed by atoms with van der Waals surface area (Å²) in [6.07, 6.45) is 2.74. The van der Waals surface area contributed by atoms with Crippen molar-refractivity contribution in [3.63, 3.8) is 0 Å². The van der Waals surface area contributed by atoms with Crippen molar-refractivity contribution in [2.45, 2.75) is 20.0 Å². The summed E-state index contributed by atoms with van der Waals surface area (Å²) in [7, 11) is 0. The highest BCUT2D eigenvalue weighted by Crippen LogP contribution is 2.19. The molecule has 0 unspecified atom stereocenters. The van der Waals surface area contributed by atoms with Crippen LogP contribution in [-0.2, 0) is 6.54 Å². The van der Waals surface area contributed by atoms with E-state index in [2.05, 4.69) is 15.5 Å². The number of benzene rings is 1. The summed E-state index contributed by atoms with van der Waals surface area (Å²) in [6.45, 7) is -0.726. The number of rotatable bonds is 5. The van der Waals surface area contributed by atoms with Crippen LogP contribution in [0.1, 0.15) is 28.2 Å². The number of carbonyl (C=O) groups is 1. The van der Waals surface area contributed by atoms with Gasteiger partial charge in [-0.15, -0.1) is 0 Å². The molecule has 1 N–H and O–H groups in total. The number of carbonyl (C=O) groups excluding carboxylic acids is 1. The molecule has 0 saturated carbocycles. The van der Waals surface area contributed by atoms with E-state index in [1.807, 2.05) is 12.1 Å². The van der Waals surface area contributed by atoms with Crippen LogP contribution in [0.15, 0.2) is 42.7 Å². The molecule has 0 bridgehead atoms. The zero-order valence-electron chi connectivity index (χ0n) is 13.2. The van der Waals surface area contributed by atoms with Gasteiger partial charge in [0.1, 0.15) is 11.5 Å². The standard InChI is InChI=1S/C16H14ClF2N5O/c1-10-8-21-23(9-11-2-4-12(17)5-3-11)14(10)22-15(25)13-6-7-20-24(13)16(18)19/h2-8,16H,9H2,1H3,(H,22,25). The Morgan fingerprint density at radius 3 is 2.64 bits per heavy atom. The van der Waals surface area contributed by atoms with Crippen LogP contribution in [0, 0.1) is 6.92 Å². The van der Waals surface area contributed by atoms with E-state index in [4.69, 9.17) is 11.6 Å². The zero-order chi connectivity index (χ0) is 18.0. The predicted octanol–water partition coefficient (Wildman–Crippen LogP) is 3.74. The van der Waals surface area contributed by atoms with Crippen molar-refractivity contribution in [1.29, 1.82) is 0 Å². The van der Waals surface area contributed by atoms with Crippen LogP contribution >= 0.6 is 11.6 Å². The second kappa shape index (κ2) is 7.02. The van der Waals surface area contributed by atoms with E-state index in [9.17, 15) is 13.6 Å². The number of anilines is 1. The van der Waals surface area contributed by atoms with Crippen LogP contribution in [0.4, 0.5) is 14.6 Å². The van der Waals surface area contributed by atoms with Gasteiger partial charge < -0.3 is 5.32 Å². The highest BCUT2D eigenvalue weighted by Gasteiger charge is 2.20. The Morgan fingerprint density at radius 1 is 1.24 bits per heavy atom. The minimum absolute atomic E-state index is 0.228. The molecule has 1 amide bonds. The van der Waals surface area contributed by atoms with Gasteiger partial charge in [0.05, 0.1) is 12.7 Å². The molecule has 0 atom stereocenters. The van der Waals surface area contributed by atoms with Crippen molar-refractivity contribution < 1.29 is 13.6 Å². The summed E-state index contributed by atoms with van der Waals surface area (Å²) in [4.78, 5) is 12.3. The average molecular weight is 366 g/mol. The molecule has 0 saturated heterocycles. The number of nitrogens with one attached hydrogen (secondary N) is 1. The maximum absolute atomic E-state index is 12.9. The van der Waals surface area contributed by atoms with Crippen LogP contribution in [0.2, 0.25) is 5.02 Å². The lowest BCUT2D eigenvalue weighted by atomic mass is 10.2. The Morgan fingerprint density at radius 2 is 1.96 bits per heavy atom. The maximum atomic E-state index is 12.9. The largest absolute Gasteiger partial charge is 0.333 e. The van der Waals surface area contributed by atoms with Crippen molar-refractivity contribution in [3.8, 4) is 0 Å². The van der Waals surface area contributed by atoms with Gasteiger partial charge in [0.25, 0.3) is 5.91 Å². The SMILES string of the molecule is Cc1cnn(Cc2ccc(Cl)cc2)c1NC(=O)c1ccnn1C(F)F. The number of hydrogen-bond acceptors (Lipinski definition) is 3. The van der Waals surface area contributed by atoms with E-state index in [0.717, 1.165) is 11.8 Å². The molecular weight excluding hydrogens is 352 g/mol. The average Bonchev–Trinajstić information content (AvgIpc) is 3.19. The van der Waals surface area contributed by atoms with Crippen molar-refractivity contribution in [2.24, 2.45) is 0 Å². The van der Waals surface area contributed by atoms with E-state index >= 15 is 0 Å². The van der Waals surface area contributed by atoms with Crippen molar-refractivity contribution in [1.82, 2.24) is 19.6 Å². The molecule has 0 radical (unpaired) electrons. The number of nitrogens with zero attached hydrogens (tertiary/aromatic N) is 4. The van der Waals surface area contributed by atoms with Gasteiger partial charge in [-0.2, -0.15) is 23.7 Å². The topological polar surface area (TPSA) is 64.7 Å².